The number of fused-ring (bicyclic) bond motifs is 1. The molecule has 1 saturated carbocycles. The van der Waals surface area contributed by atoms with E-state index in [2.05, 4.69) is 0 Å². The van der Waals surface area contributed by atoms with Crippen LogP contribution in [0.1, 0.15) is 12.8 Å². The van der Waals surface area contributed by atoms with Gasteiger partial charge in [0, 0.05) is 13.1 Å². The summed E-state index contributed by atoms with van der Waals surface area (Å²) in [7, 11) is 0. The van der Waals surface area contributed by atoms with E-state index < -0.39 is 6.09 Å². The SMILES string of the molecule is NCC1CCC2CN(C(=O)O)CC12. The Morgan fingerprint density at radius 1 is 1.46 bits per heavy atom. The Morgan fingerprint density at radius 3 is 2.85 bits per heavy atom. The summed E-state index contributed by atoms with van der Waals surface area (Å²) in [5.41, 5.74) is 5.65. The van der Waals surface area contributed by atoms with Crippen LogP contribution in [0.15, 0.2) is 0 Å². The third-order valence-corrected chi connectivity index (χ3v) is 3.58. The Kier molecular flexibility index (Phi) is 2.15. The van der Waals surface area contributed by atoms with Crippen molar-refractivity contribution >= 4 is 6.09 Å². The largest absolute Gasteiger partial charge is 0.465 e. The van der Waals surface area contributed by atoms with Crippen molar-refractivity contribution in [3.63, 3.8) is 0 Å². The number of hydrogen-bond donors (Lipinski definition) is 2. The summed E-state index contributed by atoms with van der Waals surface area (Å²) in [4.78, 5) is 12.3. The van der Waals surface area contributed by atoms with Crippen LogP contribution in [0, 0.1) is 17.8 Å². The highest BCUT2D eigenvalue weighted by molar-refractivity contribution is 5.65. The number of hydrogen-bond acceptors (Lipinski definition) is 2. The Bertz CT molecular complexity index is 220. The maximum atomic E-state index is 10.7. The van der Waals surface area contributed by atoms with Crippen molar-refractivity contribution in [3.8, 4) is 0 Å². The minimum Gasteiger partial charge on any atom is -0.465 e. The lowest BCUT2D eigenvalue weighted by Crippen LogP contribution is -2.29. The summed E-state index contributed by atoms with van der Waals surface area (Å²) in [6, 6.07) is 0. The standard InChI is InChI=1S/C9H16N2O2/c10-3-6-1-2-7-4-11(9(12)13)5-8(6)7/h6-8H,1-5,10H2,(H,12,13). The molecule has 0 aromatic carbocycles. The zero-order valence-electron chi connectivity index (χ0n) is 7.65. The van der Waals surface area contributed by atoms with Gasteiger partial charge in [0.1, 0.15) is 0 Å². The van der Waals surface area contributed by atoms with Gasteiger partial charge in [0.05, 0.1) is 0 Å². The molecule has 3 N–H and O–H groups in total. The van der Waals surface area contributed by atoms with Crippen molar-refractivity contribution in [2.24, 2.45) is 23.5 Å². The van der Waals surface area contributed by atoms with E-state index in [-0.39, 0.29) is 0 Å². The summed E-state index contributed by atoms with van der Waals surface area (Å²) >= 11 is 0. The normalized spacial score (nSPS) is 37.9. The monoisotopic (exact) mass is 184 g/mol. The van der Waals surface area contributed by atoms with Crippen molar-refractivity contribution in [3.05, 3.63) is 0 Å². The number of likely N-dealkylation sites (tertiary alicyclic amines) is 1. The number of amides is 1. The predicted octanol–water partition coefficient (Wildman–Crippen LogP) is 0.581. The zero-order chi connectivity index (χ0) is 9.42. The van der Waals surface area contributed by atoms with E-state index >= 15 is 0 Å². The Morgan fingerprint density at radius 2 is 2.23 bits per heavy atom. The van der Waals surface area contributed by atoms with Gasteiger partial charge in [-0.2, -0.15) is 0 Å². The number of nitrogens with zero attached hydrogens (tertiary/aromatic N) is 1. The van der Waals surface area contributed by atoms with Crippen LogP contribution >= 0.6 is 0 Å². The van der Waals surface area contributed by atoms with E-state index in [1.54, 1.807) is 0 Å². The van der Waals surface area contributed by atoms with E-state index in [4.69, 9.17) is 10.8 Å². The minimum atomic E-state index is -0.773. The topological polar surface area (TPSA) is 66.6 Å². The van der Waals surface area contributed by atoms with Crippen LogP contribution < -0.4 is 5.73 Å². The number of carboxylic acid groups (broad SMARTS) is 1. The second kappa shape index (κ2) is 3.18. The van der Waals surface area contributed by atoms with Crippen LogP contribution in [0.3, 0.4) is 0 Å². The zero-order valence-corrected chi connectivity index (χ0v) is 7.65. The fourth-order valence-corrected chi connectivity index (χ4v) is 2.83. The molecule has 0 aromatic rings. The van der Waals surface area contributed by atoms with Crippen molar-refractivity contribution < 1.29 is 9.90 Å². The van der Waals surface area contributed by atoms with Gasteiger partial charge in [-0.15, -0.1) is 0 Å². The summed E-state index contributed by atoms with van der Waals surface area (Å²) in [6.45, 7) is 2.16. The Labute approximate surface area is 77.7 Å². The Hall–Kier alpha value is -0.770. The summed E-state index contributed by atoms with van der Waals surface area (Å²) < 4.78 is 0. The van der Waals surface area contributed by atoms with Gasteiger partial charge in [-0.3, -0.25) is 0 Å². The second-order valence-electron chi connectivity index (χ2n) is 4.18. The molecular weight excluding hydrogens is 168 g/mol. The molecule has 3 atom stereocenters. The van der Waals surface area contributed by atoms with Crippen LogP contribution in [0.5, 0.6) is 0 Å². The lowest BCUT2D eigenvalue weighted by Gasteiger charge is -2.16. The smallest absolute Gasteiger partial charge is 0.407 e. The van der Waals surface area contributed by atoms with Gasteiger partial charge in [-0.05, 0) is 37.1 Å². The van der Waals surface area contributed by atoms with Gasteiger partial charge in [-0.25, -0.2) is 4.79 Å². The van der Waals surface area contributed by atoms with Gasteiger partial charge in [0.2, 0.25) is 0 Å². The van der Waals surface area contributed by atoms with Gasteiger partial charge in [-0.1, -0.05) is 0 Å². The molecule has 4 heteroatoms. The van der Waals surface area contributed by atoms with E-state index in [1.165, 1.54) is 11.3 Å². The highest BCUT2D eigenvalue weighted by atomic mass is 16.4. The van der Waals surface area contributed by atoms with Crippen LogP contribution in [0.4, 0.5) is 4.79 Å². The average molecular weight is 184 g/mol. The first kappa shape index (κ1) is 8.81. The molecule has 1 saturated heterocycles. The summed E-state index contributed by atoms with van der Waals surface area (Å²) in [5.74, 6) is 1.69. The number of rotatable bonds is 1. The molecule has 13 heavy (non-hydrogen) atoms. The summed E-state index contributed by atoms with van der Waals surface area (Å²) in [5, 5.41) is 8.82. The maximum absolute atomic E-state index is 10.7. The third kappa shape index (κ3) is 1.39. The van der Waals surface area contributed by atoms with Gasteiger partial charge in [0.25, 0.3) is 0 Å². The molecule has 0 bridgehead atoms. The van der Waals surface area contributed by atoms with E-state index in [0.29, 0.717) is 30.8 Å². The lowest BCUT2D eigenvalue weighted by atomic mass is 9.93. The fraction of sp³-hybridized carbons (Fsp3) is 0.889. The first-order valence-electron chi connectivity index (χ1n) is 4.90. The molecule has 0 spiro atoms. The fourth-order valence-electron chi connectivity index (χ4n) is 2.83. The van der Waals surface area contributed by atoms with Crippen molar-refractivity contribution in [1.29, 1.82) is 0 Å². The van der Waals surface area contributed by atoms with Crippen LogP contribution in [-0.2, 0) is 0 Å². The van der Waals surface area contributed by atoms with E-state index in [0.717, 1.165) is 13.0 Å². The highest BCUT2D eigenvalue weighted by Gasteiger charge is 2.43. The van der Waals surface area contributed by atoms with Gasteiger partial charge >= 0.3 is 6.09 Å². The molecular formula is C9H16N2O2. The predicted molar refractivity (Wildman–Crippen MR) is 48.4 cm³/mol. The lowest BCUT2D eigenvalue weighted by molar-refractivity contribution is 0.151. The Balaban J connectivity index is 2.01. The van der Waals surface area contributed by atoms with E-state index in [9.17, 15) is 4.79 Å². The molecule has 0 aromatic heterocycles. The molecule has 2 aliphatic rings. The van der Waals surface area contributed by atoms with Crippen molar-refractivity contribution in [1.82, 2.24) is 4.90 Å². The summed E-state index contributed by atoms with van der Waals surface area (Å²) in [6.07, 6.45) is 1.58. The highest BCUT2D eigenvalue weighted by Crippen LogP contribution is 2.41. The molecule has 2 fully saturated rings. The second-order valence-corrected chi connectivity index (χ2v) is 4.18. The average Bonchev–Trinajstić information content (AvgIpc) is 2.60. The molecule has 3 unspecified atom stereocenters. The molecule has 1 aliphatic heterocycles. The molecule has 1 heterocycles. The quantitative estimate of drug-likeness (QED) is 0.626. The van der Waals surface area contributed by atoms with Crippen LogP contribution in [-0.4, -0.2) is 35.7 Å². The number of nitrogens with two attached hydrogens (primary N) is 1. The first-order valence-corrected chi connectivity index (χ1v) is 4.90. The molecule has 0 radical (unpaired) electrons. The van der Waals surface area contributed by atoms with Gasteiger partial charge < -0.3 is 15.7 Å². The van der Waals surface area contributed by atoms with Crippen molar-refractivity contribution in [2.45, 2.75) is 12.8 Å². The molecule has 1 amide bonds. The third-order valence-electron chi connectivity index (χ3n) is 3.58. The minimum absolute atomic E-state index is 0.543. The molecule has 2 rings (SSSR count). The van der Waals surface area contributed by atoms with Crippen LogP contribution in [0.2, 0.25) is 0 Å². The van der Waals surface area contributed by atoms with Gasteiger partial charge in [0.15, 0.2) is 0 Å². The molecule has 74 valence electrons. The van der Waals surface area contributed by atoms with Crippen molar-refractivity contribution in [2.75, 3.05) is 19.6 Å². The maximum Gasteiger partial charge on any atom is 0.407 e. The van der Waals surface area contributed by atoms with Crippen LogP contribution in [0.25, 0.3) is 0 Å². The first-order chi connectivity index (χ1) is 6.22. The number of carbonyl (C=O) groups is 1. The molecule has 1 aliphatic carbocycles. The van der Waals surface area contributed by atoms with E-state index in [1.807, 2.05) is 0 Å². The molecule has 4 nitrogen and oxygen atoms in total.